The molecular weight excluding hydrogens is 192 g/mol. The van der Waals surface area contributed by atoms with Gasteiger partial charge in [0.15, 0.2) is 0 Å². The molecule has 0 spiro atoms. The number of anilines is 1. The molecule has 0 aromatic carbocycles. The molecule has 0 fully saturated rings. The van der Waals surface area contributed by atoms with E-state index < -0.39 is 12.0 Å². The number of aryl methyl sites for hydroxylation is 1. The van der Waals surface area contributed by atoms with Crippen molar-refractivity contribution in [2.45, 2.75) is 26.3 Å². The second-order valence-corrected chi connectivity index (χ2v) is 3.54. The van der Waals surface area contributed by atoms with Crippen molar-refractivity contribution in [2.24, 2.45) is 0 Å². The van der Waals surface area contributed by atoms with Gasteiger partial charge in [-0.3, -0.25) is 4.98 Å². The van der Waals surface area contributed by atoms with Crippen LogP contribution < -0.4 is 4.90 Å². The predicted molar refractivity (Wildman–Crippen MR) is 59.1 cm³/mol. The van der Waals surface area contributed by atoms with Gasteiger partial charge in [-0.2, -0.15) is 0 Å². The van der Waals surface area contributed by atoms with E-state index in [-0.39, 0.29) is 0 Å². The Hall–Kier alpha value is -1.58. The molecule has 1 atom stereocenters. The first-order valence-corrected chi connectivity index (χ1v) is 4.94. The molecule has 0 bridgehead atoms. The quantitative estimate of drug-likeness (QED) is 0.818. The van der Waals surface area contributed by atoms with E-state index in [2.05, 4.69) is 4.98 Å². The Bertz CT molecular complexity index is 352. The Kier molecular flexibility index (Phi) is 3.66. The molecule has 1 N–H and O–H groups in total. The fraction of sp³-hybridized carbons (Fsp3) is 0.455. The van der Waals surface area contributed by atoms with Crippen molar-refractivity contribution in [1.82, 2.24) is 4.98 Å². The number of hydrogen-bond donors (Lipinski definition) is 1. The number of likely N-dealkylation sites (N-methyl/N-ethyl adjacent to an activating group) is 1. The van der Waals surface area contributed by atoms with Crippen LogP contribution in [0.4, 0.5) is 5.69 Å². The van der Waals surface area contributed by atoms with Gasteiger partial charge in [0.1, 0.15) is 6.04 Å². The zero-order valence-corrected chi connectivity index (χ0v) is 9.27. The Morgan fingerprint density at radius 2 is 2.33 bits per heavy atom. The molecule has 1 aromatic rings. The van der Waals surface area contributed by atoms with E-state index >= 15 is 0 Å². The highest BCUT2D eigenvalue weighted by atomic mass is 16.4. The maximum Gasteiger partial charge on any atom is 0.326 e. The number of rotatable bonds is 4. The molecule has 82 valence electrons. The summed E-state index contributed by atoms with van der Waals surface area (Å²) < 4.78 is 0. The van der Waals surface area contributed by atoms with Gasteiger partial charge in [-0.1, -0.05) is 6.92 Å². The Morgan fingerprint density at radius 3 is 2.80 bits per heavy atom. The van der Waals surface area contributed by atoms with E-state index in [0.717, 1.165) is 11.3 Å². The van der Waals surface area contributed by atoms with Crippen LogP contribution >= 0.6 is 0 Å². The summed E-state index contributed by atoms with van der Waals surface area (Å²) in [5.41, 5.74) is 1.90. The molecule has 1 rings (SSSR count). The summed E-state index contributed by atoms with van der Waals surface area (Å²) in [6.45, 7) is 3.79. The predicted octanol–water partition coefficient (Wildman–Crippen LogP) is 1.69. The molecule has 0 aliphatic carbocycles. The van der Waals surface area contributed by atoms with Crippen molar-refractivity contribution in [3.05, 3.63) is 24.0 Å². The minimum Gasteiger partial charge on any atom is -0.480 e. The molecule has 1 heterocycles. The number of hydrogen-bond acceptors (Lipinski definition) is 3. The first-order valence-electron chi connectivity index (χ1n) is 4.94. The Labute approximate surface area is 89.6 Å². The van der Waals surface area contributed by atoms with Crippen molar-refractivity contribution in [2.75, 3.05) is 11.9 Å². The Morgan fingerprint density at radius 1 is 1.67 bits per heavy atom. The summed E-state index contributed by atoms with van der Waals surface area (Å²) in [4.78, 5) is 16.8. The van der Waals surface area contributed by atoms with Crippen LogP contribution in [0.5, 0.6) is 0 Å². The largest absolute Gasteiger partial charge is 0.480 e. The van der Waals surface area contributed by atoms with E-state index in [1.54, 1.807) is 24.3 Å². The van der Waals surface area contributed by atoms with Gasteiger partial charge in [-0.05, 0) is 25.0 Å². The van der Waals surface area contributed by atoms with Gasteiger partial charge < -0.3 is 10.0 Å². The second kappa shape index (κ2) is 4.77. The summed E-state index contributed by atoms with van der Waals surface area (Å²) >= 11 is 0. The van der Waals surface area contributed by atoms with Gasteiger partial charge >= 0.3 is 5.97 Å². The summed E-state index contributed by atoms with van der Waals surface area (Å²) in [5, 5.41) is 9.04. The number of aliphatic carboxylic acids is 1. The van der Waals surface area contributed by atoms with Gasteiger partial charge in [-0.25, -0.2) is 4.79 Å². The van der Waals surface area contributed by atoms with Crippen LogP contribution in [0.2, 0.25) is 0 Å². The smallest absolute Gasteiger partial charge is 0.326 e. The average Bonchev–Trinajstić information content (AvgIpc) is 2.18. The molecule has 1 unspecified atom stereocenters. The maximum absolute atomic E-state index is 11.0. The minimum absolute atomic E-state index is 0.480. The SMILES string of the molecule is CCC(C(=O)O)N(C)c1ccncc1C. The summed E-state index contributed by atoms with van der Waals surface area (Å²) in [7, 11) is 1.80. The Balaban J connectivity index is 2.97. The molecule has 0 radical (unpaired) electrons. The van der Waals surface area contributed by atoms with Gasteiger partial charge in [0, 0.05) is 25.1 Å². The maximum atomic E-state index is 11.0. The third-order valence-electron chi connectivity index (χ3n) is 2.51. The summed E-state index contributed by atoms with van der Waals surface area (Å²) in [6.07, 6.45) is 3.99. The highest BCUT2D eigenvalue weighted by Crippen LogP contribution is 2.20. The van der Waals surface area contributed by atoms with E-state index in [0.29, 0.717) is 6.42 Å². The van der Waals surface area contributed by atoms with Crippen molar-refractivity contribution in [3.8, 4) is 0 Å². The number of pyridine rings is 1. The van der Waals surface area contributed by atoms with Crippen LogP contribution in [0.25, 0.3) is 0 Å². The van der Waals surface area contributed by atoms with E-state index in [4.69, 9.17) is 5.11 Å². The van der Waals surface area contributed by atoms with Gasteiger partial charge in [0.2, 0.25) is 0 Å². The molecule has 4 heteroatoms. The first-order chi connectivity index (χ1) is 7.07. The van der Waals surface area contributed by atoms with E-state index in [9.17, 15) is 4.79 Å². The van der Waals surface area contributed by atoms with Gasteiger partial charge in [0.25, 0.3) is 0 Å². The molecule has 0 saturated carbocycles. The molecule has 0 aliphatic heterocycles. The van der Waals surface area contributed by atoms with Crippen molar-refractivity contribution in [3.63, 3.8) is 0 Å². The van der Waals surface area contributed by atoms with Crippen molar-refractivity contribution >= 4 is 11.7 Å². The van der Waals surface area contributed by atoms with Crippen LogP contribution in [-0.2, 0) is 4.79 Å². The van der Waals surface area contributed by atoms with Gasteiger partial charge in [0.05, 0.1) is 0 Å². The third-order valence-corrected chi connectivity index (χ3v) is 2.51. The molecular formula is C11H16N2O2. The number of carbonyl (C=O) groups is 1. The van der Waals surface area contributed by atoms with Crippen molar-refractivity contribution in [1.29, 1.82) is 0 Å². The first kappa shape index (κ1) is 11.5. The monoisotopic (exact) mass is 208 g/mol. The average molecular weight is 208 g/mol. The van der Waals surface area contributed by atoms with Crippen molar-refractivity contribution < 1.29 is 9.90 Å². The summed E-state index contributed by atoms with van der Waals surface area (Å²) in [5.74, 6) is -0.795. The molecule has 15 heavy (non-hydrogen) atoms. The second-order valence-electron chi connectivity index (χ2n) is 3.54. The lowest BCUT2D eigenvalue weighted by Crippen LogP contribution is -2.38. The number of carboxylic acid groups (broad SMARTS) is 1. The molecule has 0 amide bonds. The highest BCUT2D eigenvalue weighted by molar-refractivity contribution is 5.78. The number of carboxylic acids is 1. The zero-order valence-electron chi connectivity index (χ0n) is 9.27. The normalized spacial score (nSPS) is 12.2. The molecule has 1 aromatic heterocycles. The fourth-order valence-corrected chi connectivity index (χ4v) is 1.64. The van der Waals surface area contributed by atoms with E-state index in [1.165, 1.54) is 0 Å². The third kappa shape index (κ3) is 2.46. The molecule has 4 nitrogen and oxygen atoms in total. The lowest BCUT2D eigenvalue weighted by molar-refractivity contribution is -0.138. The lowest BCUT2D eigenvalue weighted by Gasteiger charge is -2.26. The lowest BCUT2D eigenvalue weighted by atomic mass is 10.1. The van der Waals surface area contributed by atoms with Gasteiger partial charge in [-0.15, -0.1) is 0 Å². The molecule has 0 saturated heterocycles. The fourth-order valence-electron chi connectivity index (χ4n) is 1.64. The standard InChI is InChI=1S/C11H16N2O2/c1-4-9(11(14)15)13(3)10-5-6-12-7-8(10)2/h5-7,9H,4H2,1-3H3,(H,14,15). The number of nitrogens with zero attached hydrogens (tertiary/aromatic N) is 2. The summed E-state index contributed by atoms with van der Waals surface area (Å²) in [6, 6.07) is 1.35. The molecule has 0 aliphatic rings. The minimum atomic E-state index is -0.795. The van der Waals surface area contributed by atoms with Crippen LogP contribution in [-0.4, -0.2) is 29.1 Å². The van der Waals surface area contributed by atoms with Crippen LogP contribution in [0, 0.1) is 6.92 Å². The number of aromatic nitrogens is 1. The van der Waals surface area contributed by atoms with Crippen LogP contribution in [0.3, 0.4) is 0 Å². The zero-order chi connectivity index (χ0) is 11.4. The van der Waals surface area contributed by atoms with Crippen LogP contribution in [0.15, 0.2) is 18.5 Å². The topological polar surface area (TPSA) is 53.4 Å². The highest BCUT2D eigenvalue weighted by Gasteiger charge is 2.21. The van der Waals surface area contributed by atoms with E-state index in [1.807, 2.05) is 19.9 Å². The van der Waals surface area contributed by atoms with Crippen LogP contribution in [0.1, 0.15) is 18.9 Å².